The highest BCUT2D eigenvalue weighted by Crippen LogP contribution is 2.35. The molecule has 0 aromatic heterocycles. The smallest absolute Gasteiger partial charge is 0.309 e. The van der Waals surface area contributed by atoms with Crippen molar-refractivity contribution in [2.45, 2.75) is 19.8 Å². The molecule has 30 heavy (non-hydrogen) atoms. The van der Waals surface area contributed by atoms with Gasteiger partial charge >= 0.3 is 11.9 Å². The van der Waals surface area contributed by atoms with Gasteiger partial charge in [0.2, 0.25) is 0 Å². The van der Waals surface area contributed by atoms with E-state index in [0.717, 1.165) is 11.1 Å². The molecule has 1 aliphatic rings. The largest absolute Gasteiger partial charge is 0.493 e. The molecule has 1 heterocycles. The van der Waals surface area contributed by atoms with Crippen LogP contribution in [0.5, 0.6) is 23.0 Å². The summed E-state index contributed by atoms with van der Waals surface area (Å²) in [6.45, 7) is 1.71. The minimum absolute atomic E-state index is 0.0368. The molecule has 3 rings (SSSR count). The van der Waals surface area contributed by atoms with Crippen LogP contribution in [0.2, 0.25) is 0 Å². The molecule has 0 amide bonds. The van der Waals surface area contributed by atoms with Crippen molar-refractivity contribution in [2.75, 3.05) is 27.9 Å². The number of ether oxygens (including phenoxy) is 5. The van der Waals surface area contributed by atoms with Crippen molar-refractivity contribution in [1.29, 1.82) is 0 Å². The van der Waals surface area contributed by atoms with Gasteiger partial charge in [0.25, 0.3) is 0 Å². The highest BCUT2D eigenvalue weighted by Gasteiger charge is 2.37. The molecular formula is C23H26O7. The summed E-state index contributed by atoms with van der Waals surface area (Å²) in [6, 6.07) is 11.1. The maximum Gasteiger partial charge on any atom is 0.309 e. The molecule has 1 saturated heterocycles. The minimum Gasteiger partial charge on any atom is -0.493 e. The number of carbonyl (C=O) groups is 2. The van der Waals surface area contributed by atoms with Crippen molar-refractivity contribution in [3.8, 4) is 23.0 Å². The summed E-state index contributed by atoms with van der Waals surface area (Å²) < 4.78 is 26.5. The fraction of sp³-hybridized carbons (Fsp3) is 0.391. The van der Waals surface area contributed by atoms with Crippen LogP contribution in [0, 0.1) is 11.8 Å². The molecule has 0 radical (unpaired) electrons. The Morgan fingerprint density at radius 2 is 1.47 bits per heavy atom. The first-order valence-corrected chi connectivity index (χ1v) is 9.68. The first-order chi connectivity index (χ1) is 14.4. The first kappa shape index (κ1) is 21.5. The zero-order valence-corrected chi connectivity index (χ0v) is 17.6. The lowest BCUT2D eigenvalue weighted by Gasteiger charge is -2.17. The van der Waals surface area contributed by atoms with Gasteiger partial charge in [0.1, 0.15) is 0 Å². The maximum atomic E-state index is 12.4. The molecule has 2 aromatic carbocycles. The van der Waals surface area contributed by atoms with Crippen molar-refractivity contribution >= 4 is 11.9 Å². The van der Waals surface area contributed by atoms with E-state index < -0.39 is 5.97 Å². The van der Waals surface area contributed by atoms with Crippen LogP contribution >= 0.6 is 0 Å². The predicted molar refractivity (Wildman–Crippen MR) is 109 cm³/mol. The van der Waals surface area contributed by atoms with Gasteiger partial charge in [0.15, 0.2) is 23.0 Å². The van der Waals surface area contributed by atoms with Crippen LogP contribution < -0.4 is 18.9 Å². The van der Waals surface area contributed by atoms with Crippen LogP contribution in [-0.2, 0) is 27.2 Å². The number of benzene rings is 2. The second-order valence-corrected chi connectivity index (χ2v) is 7.17. The van der Waals surface area contributed by atoms with Crippen molar-refractivity contribution in [3.63, 3.8) is 0 Å². The Labute approximate surface area is 175 Å². The molecule has 2 aromatic rings. The van der Waals surface area contributed by atoms with Crippen LogP contribution in [-0.4, -0.2) is 39.9 Å². The van der Waals surface area contributed by atoms with E-state index in [9.17, 15) is 9.59 Å². The fourth-order valence-corrected chi connectivity index (χ4v) is 3.70. The molecule has 7 heteroatoms. The summed E-state index contributed by atoms with van der Waals surface area (Å²) in [5.74, 6) is 1.25. The highest BCUT2D eigenvalue weighted by atomic mass is 16.6. The number of esters is 2. The van der Waals surface area contributed by atoms with Gasteiger partial charge in [0.05, 0.1) is 33.9 Å². The molecule has 0 unspecified atom stereocenters. The molecule has 2 atom stereocenters. The first-order valence-electron chi connectivity index (χ1n) is 9.68. The lowest BCUT2D eigenvalue weighted by molar-refractivity contribution is -0.141. The van der Waals surface area contributed by atoms with Gasteiger partial charge in [-0.1, -0.05) is 12.1 Å². The molecule has 0 saturated carbocycles. The normalized spacial score (nSPS) is 17.9. The number of carbonyl (C=O) groups excluding carboxylic acids is 2. The van der Waals surface area contributed by atoms with Gasteiger partial charge in [-0.2, -0.15) is 0 Å². The Bertz CT molecular complexity index is 922. The quantitative estimate of drug-likeness (QED) is 0.485. The topological polar surface area (TPSA) is 80.3 Å². The number of rotatable bonds is 8. The van der Waals surface area contributed by atoms with Crippen LogP contribution in [0.4, 0.5) is 0 Å². The molecular weight excluding hydrogens is 388 g/mol. The number of hydrogen-bond acceptors (Lipinski definition) is 7. The standard InChI is InChI=1S/C23H26O7/c1-14(24)30-20-8-6-16(12-22(20)28-4)10-18-17(13-29-23(18)25)9-15-5-7-19(26-2)21(11-15)27-3/h5-8,11-12,17-18H,9-10,13H2,1-4H3/t17-,18-/m0/s1. The van der Waals surface area contributed by atoms with Gasteiger partial charge in [-0.3, -0.25) is 9.59 Å². The summed E-state index contributed by atoms with van der Waals surface area (Å²) >= 11 is 0. The minimum atomic E-state index is -0.421. The number of hydrogen-bond donors (Lipinski definition) is 0. The zero-order valence-electron chi connectivity index (χ0n) is 17.6. The van der Waals surface area contributed by atoms with Gasteiger partial charge in [-0.15, -0.1) is 0 Å². The van der Waals surface area contributed by atoms with Crippen molar-refractivity contribution in [3.05, 3.63) is 47.5 Å². The van der Waals surface area contributed by atoms with Crippen molar-refractivity contribution in [1.82, 2.24) is 0 Å². The molecule has 0 N–H and O–H groups in total. The second kappa shape index (κ2) is 9.52. The average molecular weight is 414 g/mol. The lowest BCUT2D eigenvalue weighted by Crippen LogP contribution is -2.20. The monoisotopic (exact) mass is 414 g/mol. The van der Waals surface area contributed by atoms with Crippen LogP contribution in [0.3, 0.4) is 0 Å². The Morgan fingerprint density at radius 1 is 0.900 bits per heavy atom. The molecule has 1 aliphatic heterocycles. The molecule has 0 aliphatic carbocycles. The van der Waals surface area contributed by atoms with Crippen molar-refractivity contribution < 1.29 is 33.3 Å². The van der Waals surface area contributed by atoms with E-state index >= 15 is 0 Å². The maximum absolute atomic E-state index is 12.4. The third-order valence-electron chi connectivity index (χ3n) is 5.19. The van der Waals surface area contributed by atoms with Gasteiger partial charge in [-0.05, 0) is 48.2 Å². The molecule has 0 bridgehead atoms. The molecule has 0 spiro atoms. The summed E-state index contributed by atoms with van der Waals surface area (Å²) in [5.41, 5.74) is 1.95. The summed E-state index contributed by atoms with van der Waals surface area (Å²) in [6.07, 6.45) is 1.19. The van der Waals surface area contributed by atoms with Crippen LogP contribution in [0.15, 0.2) is 36.4 Å². The Morgan fingerprint density at radius 3 is 2.07 bits per heavy atom. The van der Waals surface area contributed by atoms with E-state index in [1.165, 1.54) is 14.0 Å². The Kier molecular flexibility index (Phi) is 6.82. The SMILES string of the molecule is COc1ccc(C[C@H]2COC(=O)[C@H]2Cc2ccc(OC(C)=O)c(OC)c2)cc1OC. The van der Waals surface area contributed by atoms with Crippen molar-refractivity contribution in [2.24, 2.45) is 11.8 Å². The summed E-state index contributed by atoms with van der Waals surface area (Å²) in [5, 5.41) is 0. The Balaban J connectivity index is 1.76. The van der Waals surface area contributed by atoms with E-state index in [1.54, 1.807) is 26.4 Å². The number of cyclic esters (lactones) is 1. The van der Waals surface area contributed by atoms with E-state index in [4.69, 9.17) is 23.7 Å². The van der Waals surface area contributed by atoms with Gasteiger partial charge < -0.3 is 23.7 Å². The van der Waals surface area contributed by atoms with Gasteiger partial charge in [0, 0.05) is 12.8 Å². The van der Waals surface area contributed by atoms with E-state index in [1.807, 2.05) is 24.3 Å². The Hall–Kier alpha value is -3.22. The highest BCUT2D eigenvalue weighted by molar-refractivity contribution is 5.75. The van der Waals surface area contributed by atoms with E-state index in [2.05, 4.69) is 0 Å². The predicted octanol–water partition coefficient (Wildman–Crippen LogP) is 3.21. The summed E-state index contributed by atoms with van der Waals surface area (Å²) in [4.78, 5) is 23.6. The third-order valence-corrected chi connectivity index (χ3v) is 5.19. The van der Waals surface area contributed by atoms with E-state index in [0.29, 0.717) is 42.4 Å². The molecule has 1 fully saturated rings. The molecule has 160 valence electrons. The molecule has 7 nitrogen and oxygen atoms in total. The number of methoxy groups -OCH3 is 3. The lowest BCUT2D eigenvalue weighted by atomic mass is 9.85. The van der Waals surface area contributed by atoms with Crippen LogP contribution in [0.1, 0.15) is 18.1 Å². The average Bonchev–Trinajstić information content (AvgIpc) is 3.07. The fourth-order valence-electron chi connectivity index (χ4n) is 3.70. The zero-order chi connectivity index (χ0) is 21.7. The third kappa shape index (κ3) is 4.84. The van der Waals surface area contributed by atoms with Gasteiger partial charge in [-0.25, -0.2) is 0 Å². The van der Waals surface area contributed by atoms with Crippen LogP contribution in [0.25, 0.3) is 0 Å². The van der Waals surface area contributed by atoms with E-state index in [-0.39, 0.29) is 17.8 Å². The summed E-state index contributed by atoms with van der Waals surface area (Å²) in [7, 11) is 4.70. The second-order valence-electron chi connectivity index (χ2n) is 7.17.